The Kier molecular flexibility index (Phi) is 3.06. The van der Waals surface area contributed by atoms with E-state index in [2.05, 4.69) is 11.3 Å². The first kappa shape index (κ1) is 10.4. The Morgan fingerprint density at radius 3 is 2.18 bits per heavy atom. The van der Waals surface area contributed by atoms with E-state index in [1.807, 2.05) is 0 Å². The number of rotatable bonds is 3. The summed E-state index contributed by atoms with van der Waals surface area (Å²) in [5.74, 6) is 0. The summed E-state index contributed by atoms with van der Waals surface area (Å²) < 4.78 is 56.8. The predicted octanol–water partition coefficient (Wildman–Crippen LogP) is 0.626. The Morgan fingerprint density at radius 2 is 1.91 bits per heavy atom. The summed E-state index contributed by atoms with van der Waals surface area (Å²) in [5.41, 5.74) is -5.30. The highest BCUT2D eigenvalue weighted by molar-refractivity contribution is 7.90. The van der Waals surface area contributed by atoms with Crippen LogP contribution in [0.25, 0.3) is 0 Å². The van der Waals surface area contributed by atoms with E-state index in [0.717, 1.165) is 6.08 Å². The Bertz CT molecular complexity index is 230. The van der Waals surface area contributed by atoms with Gasteiger partial charge in [0.15, 0.2) is 0 Å². The van der Waals surface area contributed by atoms with Crippen molar-refractivity contribution in [2.45, 2.75) is 5.51 Å². The van der Waals surface area contributed by atoms with E-state index in [0.29, 0.717) is 0 Å². The van der Waals surface area contributed by atoms with Crippen LogP contribution in [-0.4, -0.2) is 20.5 Å². The fourth-order valence-electron chi connectivity index (χ4n) is 0.224. The van der Waals surface area contributed by atoms with Crippen molar-refractivity contribution in [1.29, 1.82) is 0 Å². The lowest BCUT2D eigenvalue weighted by molar-refractivity contribution is -0.0447. The molecule has 0 aliphatic carbocycles. The smallest absolute Gasteiger partial charge is 0.201 e. The normalized spacial score (nSPS) is 13.0. The molecule has 0 aromatic rings. The quantitative estimate of drug-likeness (QED) is 0.610. The monoisotopic (exact) mass is 188 g/mol. The van der Waals surface area contributed by atoms with Crippen LogP contribution in [0, 0.1) is 0 Å². The number of nitrogens with zero attached hydrogens (tertiary/aromatic N) is 1. The van der Waals surface area contributed by atoms with Crippen molar-refractivity contribution in [1.82, 2.24) is 4.72 Å². The lowest BCUT2D eigenvalue weighted by atomic mass is 10.7. The van der Waals surface area contributed by atoms with Crippen LogP contribution in [0.2, 0.25) is 0 Å². The van der Waals surface area contributed by atoms with E-state index in [4.69, 9.17) is 0 Å². The summed E-state index contributed by atoms with van der Waals surface area (Å²) in [7, 11) is -5.31. The third-order valence-corrected chi connectivity index (χ3v) is 1.74. The van der Waals surface area contributed by atoms with Gasteiger partial charge < -0.3 is 0 Å². The van der Waals surface area contributed by atoms with Crippen LogP contribution in [0.5, 0.6) is 0 Å². The molecule has 3 nitrogen and oxygen atoms in total. The first-order valence-corrected chi connectivity index (χ1v) is 3.86. The van der Waals surface area contributed by atoms with Gasteiger partial charge >= 0.3 is 15.5 Å². The second-order valence-electron chi connectivity index (χ2n) is 1.52. The molecule has 0 atom stereocenters. The van der Waals surface area contributed by atoms with Crippen LogP contribution in [-0.2, 0) is 10.0 Å². The van der Waals surface area contributed by atoms with Gasteiger partial charge in [-0.15, -0.1) is 11.3 Å². The van der Waals surface area contributed by atoms with Gasteiger partial charge in [0.1, 0.15) is 0 Å². The third kappa shape index (κ3) is 2.89. The standard InChI is InChI=1S/C4H5F3NO2S/c1-2-3-8-11(9,10)4(5,6)7/h2H,1,3H2. The highest BCUT2D eigenvalue weighted by atomic mass is 32.2. The SMILES string of the molecule is C=CC[N]S(=O)(=O)C(F)(F)F. The van der Waals surface area contributed by atoms with E-state index in [1.165, 1.54) is 0 Å². The summed E-state index contributed by atoms with van der Waals surface area (Å²) in [5, 5.41) is 0. The molecular weight excluding hydrogens is 183 g/mol. The van der Waals surface area contributed by atoms with Gasteiger partial charge in [0, 0.05) is 6.54 Å². The summed E-state index contributed by atoms with van der Waals surface area (Å²) in [4.78, 5) is 0. The minimum atomic E-state index is -5.31. The predicted molar refractivity (Wildman–Crippen MR) is 32.2 cm³/mol. The first-order chi connectivity index (χ1) is 4.81. The Hall–Kier alpha value is -0.560. The molecule has 0 aromatic heterocycles. The molecule has 0 bridgehead atoms. The fourth-order valence-corrected chi connectivity index (χ4v) is 0.672. The van der Waals surface area contributed by atoms with Crippen molar-refractivity contribution in [3.8, 4) is 0 Å². The van der Waals surface area contributed by atoms with Crippen LogP contribution < -0.4 is 4.72 Å². The van der Waals surface area contributed by atoms with Gasteiger partial charge in [0.25, 0.3) is 0 Å². The van der Waals surface area contributed by atoms with Gasteiger partial charge in [0.2, 0.25) is 0 Å². The van der Waals surface area contributed by atoms with Crippen molar-refractivity contribution >= 4 is 10.0 Å². The molecule has 0 amide bonds. The highest BCUT2D eigenvalue weighted by Crippen LogP contribution is 2.21. The summed E-state index contributed by atoms with van der Waals surface area (Å²) >= 11 is 0. The number of hydrogen-bond acceptors (Lipinski definition) is 2. The van der Waals surface area contributed by atoms with Crippen molar-refractivity contribution in [3.05, 3.63) is 12.7 Å². The topological polar surface area (TPSA) is 48.2 Å². The van der Waals surface area contributed by atoms with E-state index >= 15 is 0 Å². The van der Waals surface area contributed by atoms with Gasteiger partial charge in [0.05, 0.1) is 0 Å². The van der Waals surface area contributed by atoms with Crippen molar-refractivity contribution in [3.63, 3.8) is 0 Å². The van der Waals surface area contributed by atoms with Crippen LogP contribution in [0.3, 0.4) is 0 Å². The second-order valence-corrected chi connectivity index (χ2v) is 3.19. The number of sulfonamides is 1. The van der Waals surface area contributed by atoms with Gasteiger partial charge in [-0.3, -0.25) is 0 Å². The van der Waals surface area contributed by atoms with Crippen molar-refractivity contribution in [2.24, 2.45) is 0 Å². The van der Waals surface area contributed by atoms with E-state index in [-0.39, 0.29) is 0 Å². The maximum absolute atomic E-state index is 11.4. The third-order valence-electron chi connectivity index (χ3n) is 0.666. The van der Waals surface area contributed by atoms with Crippen LogP contribution in [0.4, 0.5) is 13.2 Å². The molecule has 0 aliphatic heterocycles. The zero-order valence-electron chi connectivity index (χ0n) is 5.30. The molecular formula is C4H5F3NO2S. The van der Waals surface area contributed by atoms with Gasteiger partial charge in [-0.05, 0) is 0 Å². The molecule has 0 aliphatic rings. The van der Waals surface area contributed by atoms with E-state index < -0.39 is 22.1 Å². The minimum absolute atomic E-state index is 0.554. The second kappa shape index (κ2) is 3.22. The molecule has 7 heteroatoms. The van der Waals surface area contributed by atoms with Crippen LogP contribution >= 0.6 is 0 Å². The molecule has 0 unspecified atom stereocenters. The Labute approximate surface area is 62.0 Å². The molecule has 65 valence electrons. The molecule has 0 spiro atoms. The number of halogens is 3. The molecule has 0 fully saturated rings. The van der Waals surface area contributed by atoms with Gasteiger partial charge in [-0.1, -0.05) is 6.08 Å². The Morgan fingerprint density at radius 1 is 1.45 bits per heavy atom. The maximum atomic E-state index is 11.4. The fraction of sp³-hybridized carbons (Fsp3) is 0.500. The molecule has 0 heterocycles. The average molecular weight is 188 g/mol. The van der Waals surface area contributed by atoms with E-state index in [9.17, 15) is 21.6 Å². The summed E-state index contributed by atoms with van der Waals surface area (Å²) in [6.07, 6.45) is 0.962. The molecule has 11 heavy (non-hydrogen) atoms. The lowest BCUT2D eigenvalue weighted by Crippen LogP contribution is -2.31. The zero-order valence-corrected chi connectivity index (χ0v) is 6.11. The highest BCUT2D eigenvalue weighted by Gasteiger charge is 2.46. The molecule has 0 rings (SSSR count). The largest absolute Gasteiger partial charge is 0.512 e. The van der Waals surface area contributed by atoms with Gasteiger partial charge in [-0.25, -0.2) is 8.42 Å². The zero-order chi connectivity index (χ0) is 9.12. The average Bonchev–Trinajstić information content (AvgIpc) is 1.81. The minimum Gasteiger partial charge on any atom is -0.201 e. The van der Waals surface area contributed by atoms with Crippen LogP contribution in [0.1, 0.15) is 0 Å². The van der Waals surface area contributed by atoms with E-state index in [1.54, 1.807) is 0 Å². The molecule has 0 N–H and O–H groups in total. The number of alkyl halides is 3. The summed E-state index contributed by atoms with van der Waals surface area (Å²) in [6, 6.07) is 0. The van der Waals surface area contributed by atoms with Gasteiger partial charge in [-0.2, -0.15) is 13.2 Å². The number of hydrogen-bond donors (Lipinski definition) is 0. The molecule has 0 saturated heterocycles. The molecule has 1 radical (unpaired) electrons. The Balaban J connectivity index is 4.37. The van der Waals surface area contributed by atoms with Crippen molar-refractivity contribution in [2.75, 3.05) is 6.54 Å². The molecule has 0 aromatic carbocycles. The first-order valence-electron chi connectivity index (χ1n) is 2.42. The molecule has 0 saturated carbocycles. The van der Waals surface area contributed by atoms with Crippen LogP contribution in [0.15, 0.2) is 12.7 Å². The maximum Gasteiger partial charge on any atom is 0.512 e. The lowest BCUT2D eigenvalue weighted by Gasteiger charge is -2.04. The summed E-state index contributed by atoms with van der Waals surface area (Å²) in [6.45, 7) is 2.47. The van der Waals surface area contributed by atoms with Crippen molar-refractivity contribution < 1.29 is 21.6 Å².